The lowest BCUT2D eigenvalue weighted by molar-refractivity contribution is -0.391. The fourth-order valence-electron chi connectivity index (χ4n) is 0.993. The van der Waals surface area contributed by atoms with Crippen LogP contribution in [-0.2, 0) is 0 Å². The van der Waals surface area contributed by atoms with E-state index in [9.17, 15) is 30.8 Å². The first-order valence-electron chi connectivity index (χ1n) is 3.45. The third-order valence-electron chi connectivity index (χ3n) is 1.65. The number of hydrogen-bond acceptors (Lipinski definition) is 2. The molecule has 84 valence electrons. The summed E-state index contributed by atoms with van der Waals surface area (Å²) in [6, 6.07) is -5.39. The molecule has 0 aromatic carbocycles. The first-order chi connectivity index (χ1) is 6.16. The maximum absolute atomic E-state index is 12.4. The summed E-state index contributed by atoms with van der Waals surface area (Å²) in [5, 5.41) is -1.93. The molecule has 1 aliphatic rings. The molecular weight excluding hydrogens is 221 g/mol. The van der Waals surface area contributed by atoms with Crippen molar-refractivity contribution in [1.82, 2.24) is 10.2 Å². The van der Waals surface area contributed by atoms with Gasteiger partial charge in [0.2, 0.25) is 0 Å². The third kappa shape index (κ3) is 1.78. The van der Waals surface area contributed by atoms with Crippen LogP contribution in [0.2, 0.25) is 0 Å². The van der Waals surface area contributed by atoms with Gasteiger partial charge in [0, 0.05) is 0 Å². The average Bonchev–Trinajstić information content (AvgIpc) is 2.27. The van der Waals surface area contributed by atoms with Crippen molar-refractivity contribution in [3.05, 3.63) is 0 Å². The molecule has 0 aliphatic carbocycles. The summed E-state index contributed by atoms with van der Waals surface area (Å²) < 4.78 is 84.6. The minimum absolute atomic E-state index is 0.960. The molecule has 0 amide bonds. The Bertz CT molecular complexity index is 215. The van der Waals surface area contributed by atoms with E-state index in [0.29, 0.717) is 0 Å². The van der Waals surface area contributed by atoms with Gasteiger partial charge in [-0.05, 0) is 0 Å². The maximum Gasteiger partial charge on any atom is 0.470 e. The SMILES string of the molecule is FC1CN(F)N(C(F)(F)C(F)(F)F)C1. The predicted molar refractivity (Wildman–Crippen MR) is 30.4 cm³/mol. The van der Waals surface area contributed by atoms with Gasteiger partial charge in [0.1, 0.15) is 6.17 Å². The minimum atomic E-state index is -5.93. The number of rotatable bonds is 1. The summed E-state index contributed by atoms with van der Waals surface area (Å²) in [5.41, 5.74) is 0. The summed E-state index contributed by atoms with van der Waals surface area (Å²) in [4.78, 5) is 0. The Kier molecular flexibility index (Phi) is 2.65. The second-order valence-corrected chi connectivity index (χ2v) is 2.74. The van der Waals surface area contributed by atoms with Crippen molar-refractivity contribution in [1.29, 1.82) is 0 Å². The molecule has 1 saturated heterocycles. The van der Waals surface area contributed by atoms with E-state index in [0.717, 1.165) is 0 Å². The van der Waals surface area contributed by atoms with Crippen molar-refractivity contribution in [3.63, 3.8) is 0 Å². The molecule has 0 bridgehead atoms. The van der Waals surface area contributed by atoms with Crippen molar-refractivity contribution < 1.29 is 30.8 Å². The molecule has 1 rings (SSSR count). The molecule has 0 aromatic rings. The summed E-state index contributed by atoms with van der Waals surface area (Å²) in [5.74, 6) is 0. The molecule has 1 atom stereocenters. The van der Waals surface area contributed by atoms with Crippen LogP contribution in [0.15, 0.2) is 0 Å². The highest BCUT2D eigenvalue weighted by Gasteiger charge is 2.65. The zero-order valence-electron chi connectivity index (χ0n) is 6.53. The molecule has 14 heavy (non-hydrogen) atoms. The first-order valence-corrected chi connectivity index (χ1v) is 3.45. The molecule has 0 spiro atoms. The van der Waals surface area contributed by atoms with Gasteiger partial charge in [0.25, 0.3) is 0 Å². The van der Waals surface area contributed by atoms with Gasteiger partial charge in [-0.25, -0.2) is 4.39 Å². The Morgan fingerprint density at radius 1 is 1.00 bits per heavy atom. The fourth-order valence-corrected chi connectivity index (χ4v) is 0.993. The summed E-state index contributed by atoms with van der Waals surface area (Å²) in [6.07, 6.45) is -7.99. The number of nitrogens with zero attached hydrogens (tertiary/aromatic N) is 2. The Balaban J connectivity index is 2.83. The van der Waals surface area contributed by atoms with E-state index >= 15 is 0 Å². The van der Waals surface area contributed by atoms with Crippen molar-refractivity contribution in [3.8, 4) is 0 Å². The van der Waals surface area contributed by atoms with Crippen molar-refractivity contribution in [2.75, 3.05) is 13.1 Å². The van der Waals surface area contributed by atoms with Crippen molar-refractivity contribution in [2.45, 2.75) is 18.4 Å². The van der Waals surface area contributed by atoms with Gasteiger partial charge in [-0.15, -0.1) is 9.49 Å². The van der Waals surface area contributed by atoms with E-state index in [2.05, 4.69) is 0 Å². The van der Waals surface area contributed by atoms with E-state index in [-0.39, 0.29) is 0 Å². The predicted octanol–water partition coefficient (Wildman–Crippen LogP) is 1.90. The van der Waals surface area contributed by atoms with E-state index in [1.807, 2.05) is 0 Å². The van der Waals surface area contributed by atoms with Gasteiger partial charge in [0.15, 0.2) is 0 Å². The maximum atomic E-state index is 12.4. The highest BCUT2D eigenvalue weighted by atomic mass is 19.4. The monoisotopic (exact) mass is 226 g/mol. The lowest BCUT2D eigenvalue weighted by Crippen LogP contribution is -2.54. The standard InChI is InChI=1S/C5H5F7N2/c6-3-1-13(14(12)2-3)5(10,11)4(7,8)9/h3H,1-2H2. The van der Waals surface area contributed by atoms with Crippen LogP contribution >= 0.6 is 0 Å². The number of hydrogen-bond donors (Lipinski definition) is 0. The van der Waals surface area contributed by atoms with Crippen LogP contribution in [-0.4, -0.2) is 41.7 Å². The Labute approximate surface area is 73.8 Å². The minimum Gasteiger partial charge on any atom is -0.244 e. The average molecular weight is 226 g/mol. The van der Waals surface area contributed by atoms with E-state index < -0.39 is 41.7 Å². The Morgan fingerprint density at radius 2 is 1.50 bits per heavy atom. The quantitative estimate of drug-likeness (QED) is 0.382. The summed E-state index contributed by atoms with van der Waals surface area (Å²) >= 11 is 0. The van der Waals surface area contributed by atoms with Crippen LogP contribution in [0, 0.1) is 0 Å². The van der Waals surface area contributed by atoms with Gasteiger partial charge in [0.05, 0.1) is 13.1 Å². The highest BCUT2D eigenvalue weighted by Crippen LogP contribution is 2.40. The zero-order chi connectivity index (χ0) is 11.1. The molecule has 9 heteroatoms. The smallest absolute Gasteiger partial charge is 0.244 e. The van der Waals surface area contributed by atoms with Crippen LogP contribution in [0.25, 0.3) is 0 Å². The zero-order valence-corrected chi connectivity index (χ0v) is 6.53. The summed E-state index contributed by atoms with van der Waals surface area (Å²) in [7, 11) is 0. The number of alkyl halides is 6. The normalized spacial score (nSPS) is 27.2. The molecule has 1 unspecified atom stereocenters. The lowest BCUT2D eigenvalue weighted by Gasteiger charge is -2.29. The Morgan fingerprint density at radius 3 is 1.79 bits per heavy atom. The molecule has 0 radical (unpaired) electrons. The lowest BCUT2D eigenvalue weighted by atomic mass is 10.4. The van der Waals surface area contributed by atoms with Crippen LogP contribution in [0.3, 0.4) is 0 Å². The van der Waals surface area contributed by atoms with Crippen molar-refractivity contribution >= 4 is 0 Å². The van der Waals surface area contributed by atoms with Crippen LogP contribution in [0.4, 0.5) is 30.8 Å². The topological polar surface area (TPSA) is 6.48 Å². The third-order valence-corrected chi connectivity index (χ3v) is 1.65. The molecule has 2 nitrogen and oxygen atoms in total. The molecule has 1 fully saturated rings. The van der Waals surface area contributed by atoms with Gasteiger partial charge < -0.3 is 0 Å². The van der Waals surface area contributed by atoms with Crippen LogP contribution < -0.4 is 0 Å². The molecule has 1 heterocycles. The number of hydrazine groups is 1. The molecule has 0 aromatic heterocycles. The molecule has 1 aliphatic heterocycles. The van der Waals surface area contributed by atoms with Gasteiger partial charge >= 0.3 is 12.2 Å². The van der Waals surface area contributed by atoms with E-state index in [1.165, 1.54) is 0 Å². The second-order valence-electron chi connectivity index (χ2n) is 2.74. The van der Waals surface area contributed by atoms with Gasteiger partial charge in [-0.2, -0.15) is 22.0 Å². The van der Waals surface area contributed by atoms with Crippen LogP contribution in [0.1, 0.15) is 0 Å². The summed E-state index contributed by atoms with van der Waals surface area (Å²) in [6.45, 7) is -2.44. The number of halogens is 7. The highest BCUT2D eigenvalue weighted by molar-refractivity contribution is 4.81. The Hall–Kier alpha value is -0.570. The first kappa shape index (κ1) is 11.5. The van der Waals surface area contributed by atoms with E-state index in [1.54, 1.807) is 0 Å². The van der Waals surface area contributed by atoms with Crippen LogP contribution in [0.5, 0.6) is 0 Å². The van der Waals surface area contributed by atoms with Gasteiger partial charge in [-0.3, -0.25) is 0 Å². The largest absolute Gasteiger partial charge is 0.470 e. The molecule has 0 N–H and O–H groups in total. The molecule has 0 saturated carbocycles. The molecular formula is C5H5F7N2. The van der Waals surface area contributed by atoms with Crippen molar-refractivity contribution in [2.24, 2.45) is 0 Å². The van der Waals surface area contributed by atoms with E-state index in [4.69, 9.17) is 0 Å². The second kappa shape index (κ2) is 3.23. The fraction of sp³-hybridized carbons (Fsp3) is 1.00. The van der Waals surface area contributed by atoms with Gasteiger partial charge in [-0.1, -0.05) is 5.23 Å².